The van der Waals surface area contributed by atoms with Crippen LogP contribution in [0.2, 0.25) is 0 Å². The van der Waals surface area contributed by atoms with E-state index in [9.17, 15) is 4.79 Å². The summed E-state index contributed by atoms with van der Waals surface area (Å²) in [5, 5.41) is 8.32. The van der Waals surface area contributed by atoms with Gasteiger partial charge in [-0.15, -0.1) is 11.3 Å². The minimum atomic E-state index is -0.0496. The second-order valence-electron chi connectivity index (χ2n) is 6.62. The third-order valence-corrected chi connectivity index (χ3v) is 5.99. The number of thiophene rings is 1. The Hall–Kier alpha value is -2.48. The van der Waals surface area contributed by atoms with Crippen molar-refractivity contribution in [2.45, 2.75) is 32.2 Å². The first-order valence-corrected chi connectivity index (χ1v) is 9.73. The van der Waals surface area contributed by atoms with Crippen LogP contribution in [-0.2, 0) is 13.5 Å². The van der Waals surface area contributed by atoms with Crippen LogP contribution in [0.15, 0.2) is 24.8 Å². The fraction of sp³-hybridized carbons (Fsp3) is 0.444. The Labute approximate surface area is 156 Å². The molecule has 26 heavy (non-hydrogen) atoms. The Bertz CT molecular complexity index is 925. The number of carbonyl (C=O) groups is 1. The average molecular weight is 370 g/mol. The van der Waals surface area contributed by atoms with Gasteiger partial charge in [0.15, 0.2) is 0 Å². The molecule has 1 N–H and O–H groups in total. The molecular formula is C18H22N6OS. The summed E-state index contributed by atoms with van der Waals surface area (Å²) in [6.45, 7) is 3.91. The van der Waals surface area contributed by atoms with Crippen LogP contribution in [0.25, 0.3) is 10.2 Å². The third-order valence-electron chi connectivity index (χ3n) is 4.80. The van der Waals surface area contributed by atoms with Crippen molar-refractivity contribution in [1.82, 2.24) is 25.1 Å². The van der Waals surface area contributed by atoms with Gasteiger partial charge in [-0.05, 0) is 25.3 Å². The van der Waals surface area contributed by atoms with Crippen LogP contribution in [0, 0.1) is 0 Å². The Morgan fingerprint density at radius 1 is 1.35 bits per heavy atom. The minimum Gasteiger partial charge on any atom is -0.356 e. The number of nitrogens with zero attached hydrogens (tertiary/aromatic N) is 5. The number of fused-ring (bicyclic) bond motifs is 1. The SMILES string of the molecule is CCc1cc2c(N3CCC(NC(=O)c4cnn(C)c4)CC3)ncnc2s1. The number of nitrogens with one attached hydrogen (secondary N) is 1. The van der Waals surface area contributed by atoms with Gasteiger partial charge in [-0.1, -0.05) is 6.92 Å². The number of carbonyl (C=O) groups excluding carboxylic acids is 1. The van der Waals surface area contributed by atoms with Crippen molar-refractivity contribution in [3.63, 3.8) is 0 Å². The van der Waals surface area contributed by atoms with Crippen molar-refractivity contribution >= 4 is 33.3 Å². The zero-order valence-corrected chi connectivity index (χ0v) is 15.8. The van der Waals surface area contributed by atoms with Gasteiger partial charge < -0.3 is 10.2 Å². The Morgan fingerprint density at radius 3 is 2.85 bits per heavy atom. The molecule has 3 aromatic heterocycles. The highest BCUT2D eigenvalue weighted by molar-refractivity contribution is 7.18. The molecule has 0 aromatic carbocycles. The van der Waals surface area contributed by atoms with Crippen LogP contribution < -0.4 is 10.2 Å². The van der Waals surface area contributed by atoms with Crippen LogP contribution in [0.5, 0.6) is 0 Å². The van der Waals surface area contributed by atoms with E-state index < -0.39 is 0 Å². The van der Waals surface area contributed by atoms with Crippen LogP contribution >= 0.6 is 11.3 Å². The first-order chi connectivity index (χ1) is 12.6. The summed E-state index contributed by atoms with van der Waals surface area (Å²) in [5.74, 6) is 0.967. The first kappa shape index (κ1) is 17.0. The predicted octanol–water partition coefficient (Wildman–Crippen LogP) is 2.39. The van der Waals surface area contributed by atoms with Gasteiger partial charge in [0.05, 0.1) is 17.1 Å². The molecule has 4 heterocycles. The number of anilines is 1. The second-order valence-corrected chi connectivity index (χ2v) is 7.74. The lowest BCUT2D eigenvalue weighted by Crippen LogP contribution is -2.45. The van der Waals surface area contributed by atoms with Crippen LogP contribution in [0.1, 0.15) is 35.0 Å². The number of amides is 1. The van der Waals surface area contributed by atoms with Gasteiger partial charge in [0.2, 0.25) is 0 Å². The Balaban J connectivity index is 1.42. The highest BCUT2D eigenvalue weighted by atomic mass is 32.1. The van der Waals surface area contributed by atoms with E-state index in [0.717, 1.165) is 48.4 Å². The maximum absolute atomic E-state index is 12.3. The number of piperidine rings is 1. The summed E-state index contributed by atoms with van der Waals surface area (Å²) in [5.41, 5.74) is 0.609. The highest BCUT2D eigenvalue weighted by Gasteiger charge is 2.24. The molecule has 8 heteroatoms. The van der Waals surface area contributed by atoms with Gasteiger partial charge >= 0.3 is 0 Å². The van der Waals surface area contributed by atoms with Crippen molar-refractivity contribution in [3.8, 4) is 0 Å². The summed E-state index contributed by atoms with van der Waals surface area (Å²) in [6, 6.07) is 2.40. The molecule has 0 saturated carbocycles. The average Bonchev–Trinajstić information content (AvgIpc) is 3.28. The van der Waals surface area contributed by atoms with Crippen molar-refractivity contribution < 1.29 is 4.79 Å². The molecule has 136 valence electrons. The van der Waals surface area contributed by atoms with E-state index in [1.54, 1.807) is 34.7 Å². The van der Waals surface area contributed by atoms with Crippen LogP contribution in [0.3, 0.4) is 0 Å². The van der Waals surface area contributed by atoms with Gasteiger partial charge in [0.1, 0.15) is 17.0 Å². The molecule has 0 radical (unpaired) electrons. The lowest BCUT2D eigenvalue weighted by atomic mass is 10.0. The van der Waals surface area contributed by atoms with E-state index in [4.69, 9.17) is 0 Å². The number of aryl methyl sites for hydroxylation is 2. The predicted molar refractivity (Wildman–Crippen MR) is 103 cm³/mol. The molecule has 1 amide bonds. The number of rotatable bonds is 4. The fourth-order valence-electron chi connectivity index (χ4n) is 3.36. The van der Waals surface area contributed by atoms with E-state index in [1.165, 1.54) is 4.88 Å². The molecule has 0 atom stereocenters. The van der Waals surface area contributed by atoms with Crippen LogP contribution in [-0.4, -0.2) is 44.8 Å². The molecule has 0 spiro atoms. The van der Waals surface area contributed by atoms with Gasteiger partial charge in [-0.3, -0.25) is 9.48 Å². The highest BCUT2D eigenvalue weighted by Crippen LogP contribution is 2.31. The molecule has 7 nitrogen and oxygen atoms in total. The van der Waals surface area contributed by atoms with E-state index in [-0.39, 0.29) is 11.9 Å². The van der Waals surface area contributed by atoms with Gasteiger partial charge in [0, 0.05) is 37.3 Å². The summed E-state index contributed by atoms with van der Waals surface area (Å²) < 4.78 is 1.64. The molecule has 1 aliphatic rings. The molecule has 1 saturated heterocycles. The smallest absolute Gasteiger partial charge is 0.254 e. The quantitative estimate of drug-likeness (QED) is 0.763. The first-order valence-electron chi connectivity index (χ1n) is 8.92. The lowest BCUT2D eigenvalue weighted by Gasteiger charge is -2.33. The molecule has 0 aliphatic carbocycles. The molecule has 1 fully saturated rings. The van der Waals surface area contributed by atoms with E-state index in [0.29, 0.717) is 5.56 Å². The molecular weight excluding hydrogens is 348 g/mol. The maximum atomic E-state index is 12.3. The minimum absolute atomic E-state index is 0.0496. The zero-order valence-electron chi connectivity index (χ0n) is 15.0. The maximum Gasteiger partial charge on any atom is 0.254 e. The van der Waals surface area contributed by atoms with E-state index in [1.807, 2.05) is 7.05 Å². The molecule has 3 aromatic rings. The van der Waals surface area contributed by atoms with Crippen LogP contribution in [0.4, 0.5) is 5.82 Å². The summed E-state index contributed by atoms with van der Waals surface area (Å²) >= 11 is 1.74. The van der Waals surface area contributed by atoms with E-state index >= 15 is 0 Å². The van der Waals surface area contributed by atoms with Crippen molar-refractivity contribution in [1.29, 1.82) is 0 Å². The molecule has 1 aliphatic heterocycles. The standard InChI is InChI=1S/C18H22N6OS/c1-3-14-8-15-16(19-11-20-18(15)26-14)24-6-4-13(5-7-24)22-17(25)12-9-21-23(2)10-12/h8-11,13H,3-7H2,1-2H3,(H,22,25). The van der Waals surface area contributed by atoms with Crippen molar-refractivity contribution in [3.05, 3.63) is 35.2 Å². The second kappa shape index (κ2) is 7.03. The van der Waals surface area contributed by atoms with Gasteiger partial charge in [-0.25, -0.2) is 9.97 Å². The van der Waals surface area contributed by atoms with Gasteiger partial charge in [0.25, 0.3) is 5.91 Å². The lowest BCUT2D eigenvalue weighted by molar-refractivity contribution is 0.0931. The largest absolute Gasteiger partial charge is 0.356 e. The monoisotopic (exact) mass is 370 g/mol. The Morgan fingerprint density at radius 2 is 2.15 bits per heavy atom. The summed E-state index contributed by atoms with van der Waals surface area (Å²) in [7, 11) is 1.81. The van der Waals surface area contributed by atoms with Crippen molar-refractivity contribution in [2.24, 2.45) is 7.05 Å². The van der Waals surface area contributed by atoms with E-state index in [2.05, 4.69) is 38.3 Å². The number of hydrogen-bond donors (Lipinski definition) is 1. The topological polar surface area (TPSA) is 75.9 Å². The molecule has 0 bridgehead atoms. The molecule has 4 rings (SSSR count). The zero-order chi connectivity index (χ0) is 18.1. The summed E-state index contributed by atoms with van der Waals surface area (Å²) in [4.78, 5) is 25.9. The fourth-order valence-corrected chi connectivity index (χ4v) is 4.29. The Kier molecular flexibility index (Phi) is 4.58. The third kappa shape index (κ3) is 3.29. The molecule has 0 unspecified atom stereocenters. The summed E-state index contributed by atoms with van der Waals surface area (Å²) in [6.07, 6.45) is 7.82. The van der Waals surface area contributed by atoms with Gasteiger partial charge in [-0.2, -0.15) is 5.10 Å². The number of aromatic nitrogens is 4. The number of hydrogen-bond acceptors (Lipinski definition) is 6. The normalized spacial score (nSPS) is 15.5. The van der Waals surface area contributed by atoms with Crippen molar-refractivity contribution in [2.75, 3.05) is 18.0 Å².